The van der Waals surface area contributed by atoms with Gasteiger partial charge >= 0.3 is 12.1 Å². The Hall–Kier alpha value is -2.32. The van der Waals surface area contributed by atoms with Crippen LogP contribution in [0.4, 0.5) is 13.2 Å². The molecule has 21 heavy (non-hydrogen) atoms. The molecule has 0 radical (unpaired) electrons. The van der Waals surface area contributed by atoms with Crippen LogP contribution in [0, 0.1) is 0 Å². The summed E-state index contributed by atoms with van der Waals surface area (Å²) in [5, 5.41) is 3.72. The maximum absolute atomic E-state index is 13.1. The summed E-state index contributed by atoms with van der Waals surface area (Å²) in [6, 6.07) is 0. The fraction of sp³-hybridized carbons (Fsp3) is 0.417. The van der Waals surface area contributed by atoms with Gasteiger partial charge in [0.25, 0.3) is 0 Å². The maximum atomic E-state index is 13.1. The molecule has 6 nitrogen and oxygen atoms in total. The number of rotatable bonds is 3. The molecule has 0 aliphatic carbocycles. The van der Waals surface area contributed by atoms with Crippen molar-refractivity contribution in [3.8, 4) is 0 Å². The van der Waals surface area contributed by atoms with Gasteiger partial charge in [-0.2, -0.15) is 18.3 Å². The monoisotopic (exact) mass is 303 g/mol. The van der Waals surface area contributed by atoms with Gasteiger partial charge in [-0.3, -0.25) is 4.79 Å². The maximum Gasteiger partial charge on any atom is 0.432 e. The highest BCUT2D eigenvalue weighted by atomic mass is 19.4. The minimum absolute atomic E-state index is 0.0807. The van der Waals surface area contributed by atoms with Crippen molar-refractivity contribution in [2.45, 2.75) is 26.6 Å². The Kier molecular flexibility index (Phi) is 3.75. The highest BCUT2D eigenvalue weighted by Crippen LogP contribution is 2.30. The predicted molar refractivity (Wildman–Crippen MR) is 67.0 cm³/mol. The van der Waals surface area contributed by atoms with E-state index >= 15 is 0 Å². The van der Waals surface area contributed by atoms with E-state index in [0.717, 1.165) is 6.20 Å². The smallest absolute Gasteiger partial charge is 0.432 e. The Morgan fingerprint density at radius 3 is 2.62 bits per heavy atom. The molecule has 114 valence electrons. The van der Waals surface area contributed by atoms with Crippen LogP contribution in [0.5, 0.6) is 0 Å². The lowest BCUT2D eigenvalue weighted by Crippen LogP contribution is -2.26. The van der Waals surface area contributed by atoms with E-state index in [4.69, 9.17) is 0 Å². The average Bonchev–Trinajstić information content (AvgIpc) is 2.81. The minimum atomic E-state index is -4.89. The highest BCUT2D eigenvalue weighted by molar-refractivity contribution is 5.94. The van der Waals surface area contributed by atoms with E-state index in [-0.39, 0.29) is 24.2 Å². The number of aromatic amines is 1. The zero-order valence-corrected chi connectivity index (χ0v) is 11.2. The van der Waals surface area contributed by atoms with Crippen LogP contribution in [-0.2, 0) is 17.5 Å². The Morgan fingerprint density at radius 1 is 1.43 bits per heavy atom. The summed E-state index contributed by atoms with van der Waals surface area (Å²) >= 11 is 0. The molecule has 0 spiro atoms. The number of esters is 1. The normalized spacial score (nSPS) is 11.9. The summed E-state index contributed by atoms with van der Waals surface area (Å²) in [5.74, 6) is -1.31. The lowest BCUT2D eigenvalue weighted by atomic mass is 10.1. The SMILES string of the molecule is CCOC(=O)c1c(C(F)(F)F)[nH]c2c(cnn2CC)c1=O. The van der Waals surface area contributed by atoms with Crippen LogP contribution < -0.4 is 5.43 Å². The van der Waals surface area contributed by atoms with Crippen molar-refractivity contribution < 1.29 is 22.7 Å². The molecule has 0 atom stereocenters. The van der Waals surface area contributed by atoms with Crippen LogP contribution >= 0.6 is 0 Å². The largest absolute Gasteiger partial charge is 0.462 e. The Morgan fingerprint density at radius 2 is 2.10 bits per heavy atom. The molecule has 2 rings (SSSR count). The molecule has 0 unspecified atom stereocenters. The number of aromatic nitrogens is 3. The molecule has 2 aromatic rings. The van der Waals surface area contributed by atoms with E-state index < -0.39 is 28.8 Å². The van der Waals surface area contributed by atoms with Crippen LogP contribution in [0.15, 0.2) is 11.0 Å². The molecule has 2 heterocycles. The number of nitrogens with one attached hydrogen (secondary N) is 1. The third-order valence-corrected chi connectivity index (χ3v) is 2.87. The standard InChI is InChI=1S/C12H12F3N3O3/c1-3-18-10-6(5-16-18)8(19)7(11(20)21-4-2)9(17-10)12(13,14)15/h5H,3-4H2,1-2H3,(H,17,19). The summed E-state index contributed by atoms with van der Waals surface area (Å²) in [7, 11) is 0. The molecule has 0 aliphatic heterocycles. The highest BCUT2D eigenvalue weighted by Gasteiger charge is 2.39. The Labute approximate surface area is 116 Å². The molecule has 2 aromatic heterocycles. The number of nitrogens with zero attached hydrogens (tertiary/aromatic N) is 2. The van der Waals surface area contributed by atoms with Gasteiger partial charge in [-0.1, -0.05) is 0 Å². The number of aryl methyl sites for hydroxylation is 1. The first-order chi connectivity index (χ1) is 9.81. The molecule has 9 heteroatoms. The second-order valence-corrected chi connectivity index (χ2v) is 4.14. The van der Waals surface area contributed by atoms with E-state index in [9.17, 15) is 22.8 Å². The number of alkyl halides is 3. The van der Waals surface area contributed by atoms with Crippen molar-refractivity contribution in [2.75, 3.05) is 6.61 Å². The molecule has 0 aliphatic rings. The second-order valence-electron chi connectivity index (χ2n) is 4.14. The Bertz CT molecular complexity index is 746. The van der Waals surface area contributed by atoms with Crippen molar-refractivity contribution >= 4 is 17.0 Å². The number of halogens is 3. The number of H-pyrrole nitrogens is 1. The van der Waals surface area contributed by atoms with Gasteiger partial charge in [-0.15, -0.1) is 0 Å². The lowest BCUT2D eigenvalue weighted by Gasteiger charge is -2.12. The molecular formula is C12H12F3N3O3. The number of hydrogen-bond acceptors (Lipinski definition) is 4. The third-order valence-electron chi connectivity index (χ3n) is 2.87. The van der Waals surface area contributed by atoms with Gasteiger partial charge in [0.05, 0.1) is 18.2 Å². The molecule has 0 fully saturated rings. The molecule has 1 N–H and O–H groups in total. The molecular weight excluding hydrogens is 291 g/mol. The van der Waals surface area contributed by atoms with Gasteiger partial charge in [0.1, 0.15) is 16.9 Å². The molecule has 0 saturated carbocycles. The quantitative estimate of drug-likeness (QED) is 0.879. The van der Waals surface area contributed by atoms with E-state index in [1.165, 1.54) is 11.6 Å². The van der Waals surface area contributed by atoms with Gasteiger partial charge in [0.2, 0.25) is 5.43 Å². The average molecular weight is 303 g/mol. The number of hydrogen-bond donors (Lipinski definition) is 1. The summed E-state index contributed by atoms with van der Waals surface area (Å²) in [5.41, 5.74) is -3.60. The fourth-order valence-corrected chi connectivity index (χ4v) is 1.96. The van der Waals surface area contributed by atoms with E-state index in [1.807, 2.05) is 0 Å². The number of carbonyl (C=O) groups is 1. The topological polar surface area (TPSA) is 77.0 Å². The van der Waals surface area contributed by atoms with E-state index in [1.54, 1.807) is 6.92 Å². The van der Waals surface area contributed by atoms with Crippen LogP contribution in [0.1, 0.15) is 29.9 Å². The Balaban J connectivity index is 2.85. The first-order valence-corrected chi connectivity index (χ1v) is 6.17. The summed E-state index contributed by atoms with van der Waals surface area (Å²) in [4.78, 5) is 25.9. The summed E-state index contributed by atoms with van der Waals surface area (Å²) in [6.07, 6.45) is -3.77. The van der Waals surface area contributed by atoms with Crippen molar-refractivity contribution in [3.63, 3.8) is 0 Å². The number of carbonyl (C=O) groups excluding carboxylic acids is 1. The van der Waals surface area contributed by atoms with Crippen LogP contribution in [0.25, 0.3) is 11.0 Å². The van der Waals surface area contributed by atoms with Gasteiger partial charge in [0.15, 0.2) is 0 Å². The minimum Gasteiger partial charge on any atom is -0.462 e. The van der Waals surface area contributed by atoms with Gasteiger partial charge < -0.3 is 9.72 Å². The first kappa shape index (κ1) is 15.1. The number of ether oxygens (including phenoxy) is 1. The van der Waals surface area contributed by atoms with Gasteiger partial charge in [-0.05, 0) is 13.8 Å². The van der Waals surface area contributed by atoms with Crippen LogP contribution in [0.2, 0.25) is 0 Å². The third kappa shape index (κ3) is 2.50. The van der Waals surface area contributed by atoms with Gasteiger partial charge in [0, 0.05) is 6.54 Å². The van der Waals surface area contributed by atoms with E-state index in [0.29, 0.717) is 0 Å². The zero-order valence-electron chi connectivity index (χ0n) is 11.2. The zero-order chi connectivity index (χ0) is 15.8. The first-order valence-electron chi connectivity index (χ1n) is 6.17. The van der Waals surface area contributed by atoms with E-state index in [2.05, 4.69) is 14.8 Å². The molecule has 0 amide bonds. The van der Waals surface area contributed by atoms with Crippen molar-refractivity contribution in [2.24, 2.45) is 0 Å². The van der Waals surface area contributed by atoms with Crippen molar-refractivity contribution in [1.29, 1.82) is 0 Å². The molecule has 0 saturated heterocycles. The molecule has 0 bridgehead atoms. The van der Waals surface area contributed by atoms with Crippen molar-refractivity contribution in [3.05, 3.63) is 27.7 Å². The predicted octanol–water partition coefficient (Wildman–Crippen LogP) is 1.94. The number of fused-ring (bicyclic) bond motifs is 1. The second kappa shape index (κ2) is 5.23. The number of pyridine rings is 1. The van der Waals surface area contributed by atoms with Crippen LogP contribution in [-0.4, -0.2) is 27.3 Å². The van der Waals surface area contributed by atoms with Gasteiger partial charge in [-0.25, -0.2) is 9.48 Å². The lowest BCUT2D eigenvalue weighted by molar-refractivity contribution is -0.141. The van der Waals surface area contributed by atoms with Crippen LogP contribution in [0.3, 0.4) is 0 Å². The summed E-state index contributed by atoms with van der Waals surface area (Å²) < 4.78 is 45.0. The van der Waals surface area contributed by atoms with Crippen molar-refractivity contribution in [1.82, 2.24) is 14.8 Å². The fourth-order valence-electron chi connectivity index (χ4n) is 1.96. The summed E-state index contributed by atoms with van der Waals surface area (Å²) in [6.45, 7) is 3.24. The molecule has 0 aromatic carbocycles.